The van der Waals surface area contributed by atoms with Crippen LogP contribution in [-0.2, 0) is 6.42 Å². The first-order valence-electron chi connectivity index (χ1n) is 10.8. The Balaban J connectivity index is 1.41. The molecular weight excluding hydrogens is 486 g/mol. The Hall–Kier alpha value is -2.51. The summed E-state index contributed by atoms with van der Waals surface area (Å²) in [6.45, 7) is 3.87. The number of benzene rings is 1. The quantitative estimate of drug-likeness (QED) is 0.494. The molecule has 1 aliphatic rings. The van der Waals surface area contributed by atoms with Crippen molar-refractivity contribution in [1.29, 1.82) is 0 Å². The molecule has 4 rings (SSSR count). The number of thiophene rings is 1. The van der Waals surface area contributed by atoms with Crippen molar-refractivity contribution in [3.8, 4) is 0 Å². The van der Waals surface area contributed by atoms with Gasteiger partial charge >= 0.3 is 0 Å². The highest BCUT2D eigenvalue weighted by Crippen LogP contribution is 2.30. The van der Waals surface area contributed by atoms with Crippen LogP contribution in [0, 0.1) is 6.92 Å². The van der Waals surface area contributed by atoms with Crippen molar-refractivity contribution in [2.24, 2.45) is 0 Å². The first kappa shape index (κ1) is 22.7. The zero-order valence-electron chi connectivity index (χ0n) is 18.0. The van der Waals surface area contributed by atoms with Crippen molar-refractivity contribution < 1.29 is 9.59 Å². The van der Waals surface area contributed by atoms with Crippen LogP contribution in [0.2, 0.25) is 0 Å². The van der Waals surface area contributed by atoms with Crippen LogP contribution < -0.4 is 5.32 Å². The van der Waals surface area contributed by atoms with Crippen LogP contribution in [0.4, 0.5) is 0 Å². The number of carbonyl (C=O) groups is 2. The predicted molar refractivity (Wildman–Crippen MR) is 131 cm³/mol. The van der Waals surface area contributed by atoms with Crippen LogP contribution in [0.3, 0.4) is 0 Å². The average Bonchev–Trinajstić information content (AvgIpc) is 3.32. The lowest BCUT2D eigenvalue weighted by molar-refractivity contribution is 0.0710. The third-order valence-corrected chi connectivity index (χ3v) is 7.22. The summed E-state index contributed by atoms with van der Waals surface area (Å²) in [5.74, 6) is 0.143. The summed E-state index contributed by atoms with van der Waals surface area (Å²) in [6.07, 6.45) is 2.42. The van der Waals surface area contributed by atoms with Crippen LogP contribution in [0.25, 0.3) is 0 Å². The summed E-state index contributed by atoms with van der Waals surface area (Å²) < 4.78 is 0.900. The highest BCUT2D eigenvalue weighted by molar-refractivity contribution is 9.10. The molecule has 1 N–H and O–H groups in total. The Labute approximate surface area is 201 Å². The molecule has 2 amide bonds. The van der Waals surface area contributed by atoms with Crippen molar-refractivity contribution in [3.63, 3.8) is 0 Å². The van der Waals surface area contributed by atoms with Gasteiger partial charge < -0.3 is 10.2 Å². The van der Waals surface area contributed by atoms with Gasteiger partial charge in [0.25, 0.3) is 11.8 Å². The number of hydrogen-bond donors (Lipinski definition) is 1. The fourth-order valence-corrected chi connectivity index (χ4v) is 5.20. The second-order valence-corrected chi connectivity index (χ2v) is 10.00. The van der Waals surface area contributed by atoms with Gasteiger partial charge in [0.05, 0.1) is 11.3 Å². The molecule has 0 bridgehead atoms. The van der Waals surface area contributed by atoms with Gasteiger partial charge in [0, 0.05) is 46.2 Å². The zero-order chi connectivity index (χ0) is 22.5. The molecule has 32 heavy (non-hydrogen) atoms. The Morgan fingerprint density at radius 3 is 2.69 bits per heavy atom. The topological polar surface area (TPSA) is 62.3 Å². The Kier molecular flexibility index (Phi) is 7.37. The Morgan fingerprint density at radius 1 is 1.16 bits per heavy atom. The van der Waals surface area contributed by atoms with Crippen molar-refractivity contribution >= 4 is 39.1 Å². The van der Waals surface area contributed by atoms with Gasteiger partial charge in [-0.3, -0.25) is 14.6 Å². The highest BCUT2D eigenvalue weighted by atomic mass is 79.9. The van der Waals surface area contributed by atoms with Crippen molar-refractivity contribution in [1.82, 2.24) is 15.2 Å². The molecular formula is C25H26BrN3O2S. The monoisotopic (exact) mass is 511 g/mol. The molecule has 0 spiro atoms. The van der Waals surface area contributed by atoms with Gasteiger partial charge in [-0.1, -0.05) is 28.1 Å². The van der Waals surface area contributed by atoms with Crippen LogP contribution >= 0.6 is 27.3 Å². The van der Waals surface area contributed by atoms with E-state index >= 15 is 0 Å². The number of aryl methyl sites for hydroxylation is 1. The van der Waals surface area contributed by atoms with Crippen LogP contribution in [0.5, 0.6) is 0 Å². The van der Waals surface area contributed by atoms with E-state index < -0.39 is 0 Å². The number of aromatic nitrogens is 1. The largest absolute Gasteiger partial charge is 0.352 e. The van der Waals surface area contributed by atoms with E-state index in [0.29, 0.717) is 30.8 Å². The number of nitrogens with zero attached hydrogens (tertiary/aromatic N) is 2. The van der Waals surface area contributed by atoms with Crippen molar-refractivity contribution in [3.05, 3.63) is 85.8 Å². The molecule has 1 saturated heterocycles. The molecule has 166 valence electrons. The molecule has 0 atom stereocenters. The van der Waals surface area contributed by atoms with E-state index in [4.69, 9.17) is 4.98 Å². The minimum absolute atomic E-state index is 0.0495. The van der Waals surface area contributed by atoms with Crippen LogP contribution in [-0.4, -0.2) is 41.3 Å². The molecule has 0 saturated carbocycles. The number of amides is 2. The summed E-state index contributed by atoms with van der Waals surface area (Å²) in [5.41, 5.74) is 3.10. The van der Waals surface area contributed by atoms with E-state index in [1.807, 2.05) is 59.7 Å². The SMILES string of the molecule is Cc1ccc(C(=O)NCCc2cccs2)c(C2CCN(C(=O)c3cccc(Br)c3)CC2)n1. The standard InChI is InChI=1S/C25H26BrN3O2S/c1-17-7-8-22(24(30)27-12-9-21-6-3-15-32-21)23(28-17)18-10-13-29(14-11-18)25(31)19-4-2-5-20(26)16-19/h2-8,15-16,18H,9-14H2,1H3,(H,27,30). The van der Waals surface area contributed by atoms with Gasteiger partial charge in [0.2, 0.25) is 0 Å². The first-order chi connectivity index (χ1) is 15.5. The lowest BCUT2D eigenvalue weighted by atomic mass is 9.89. The Morgan fingerprint density at radius 2 is 1.97 bits per heavy atom. The molecule has 2 aromatic heterocycles. The Bertz CT molecular complexity index is 1090. The van der Waals surface area contributed by atoms with Crippen LogP contribution in [0.15, 0.2) is 58.4 Å². The van der Waals surface area contributed by atoms with Gasteiger partial charge in [-0.15, -0.1) is 11.3 Å². The van der Waals surface area contributed by atoms with E-state index in [0.717, 1.165) is 35.1 Å². The van der Waals surface area contributed by atoms with E-state index in [2.05, 4.69) is 27.3 Å². The second kappa shape index (κ2) is 10.4. The number of halogens is 1. The zero-order valence-corrected chi connectivity index (χ0v) is 20.4. The van der Waals surface area contributed by atoms with E-state index in [1.54, 1.807) is 11.3 Å². The summed E-state index contributed by atoms with van der Waals surface area (Å²) in [7, 11) is 0. The fraction of sp³-hybridized carbons (Fsp3) is 0.320. The first-order valence-corrected chi connectivity index (χ1v) is 12.5. The molecule has 7 heteroatoms. The maximum atomic E-state index is 12.9. The molecule has 0 unspecified atom stereocenters. The lowest BCUT2D eigenvalue weighted by Crippen LogP contribution is -2.38. The minimum Gasteiger partial charge on any atom is -0.352 e. The van der Waals surface area contributed by atoms with Crippen molar-refractivity contribution in [2.75, 3.05) is 19.6 Å². The van der Waals surface area contributed by atoms with Gasteiger partial charge in [-0.25, -0.2) is 0 Å². The molecule has 1 aliphatic heterocycles. The summed E-state index contributed by atoms with van der Waals surface area (Å²) in [6, 6.07) is 15.4. The summed E-state index contributed by atoms with van der Waals surface area (Å²) in [5, 5.41) is 5.10. The highest BCUT2D eigenvalue weighted by Gasteiger charge is 2.28. The number of hydrogen-bond acceptors (Lipinski definition) is 4. The second-order valence-electron chi connectivity index (χ2n) is 8.05. The number of pyridine rings is 1. The molecule has 0 radical (unpaired) electrons. The van der Waals surface area contributed by atoms with Crippen molar-refractivity contribution in [2.45, 2.75) is 32.1 Å². The molecule has 3 heterocycles. The van der Waals surface area contributed by atoms with Gasteiger partial charge in [-0.05, 0) is 68.0 Å². The smallest absolute Gasteiger partial charge is 0.253 e. The van der Waals surface area contributed by atoms with E-state index in [9.17, 15) is 9.59 Å². The number of rotatable bonds is 6. The number of likely N-dealkylation sites (tertiary alicyclic amines) is 1. The minimum atomic E-state index is -0.0725. The molecule has 0 aliphatic carbocycles. The van der Waals surface area contributed by atoms with Gasteiger partial charge in [0.15, 0.2) is 0 Å². The van der Waals surface area contributed by atoms with Gasteiger partial charge in [-0.2, -0.15) is 0 Å². The number of piperidine rings is 1. The molecule has 1 fully saturated rings. The number of nitrogens with one attached hydrogen (secondary N) is 1. The number of carbonyl (C=O) groups excluding carboxylic acids is 2. The summed E-state index contributed by atoms with van der Waals surface area (Å²) in [4.78, 5) is 33.7. The normalized spacial score (nSPS) is 14.4. The molecule has 5 nitrogen and oxygen atoms in total. The average molecular weight is 512 g/mol. The van der Waals surface area contributed by atoms with Gasteiger partial charge in [0.1, 0.15) is 0 Å². The molecule has 3 aromatic rings. The maximum Gasteiger partial charge on any atom is 0.253 e. The maximum absolute atomic E-state index is 12.9. The summed E-state index contributed by atoms with van der Waals surface area (Å²) >= 11 is 5.14. The van der Waals surface area contributed by atoms with E-state index in [-0.39, 0.29) is 17.7 Å². The third-order valence-electron chi connectivity index (χ3n) is 5.79. The van der Waals surface area contributed by atoms with Crippen LogP contribution in [0.1, 0.15) is 55.7 Å². The van der Waals surface area contributed by atoms with E-state index in [1.165, 1.54) is 4.88 Å². The fourth-order valence-electron chi connectivity index (χ4n) is 4.09. The third kappa shape index (κ3) is 5.45. The predicted octanol–water partition coefficient (Wildman–Crippen LogP) is 5.21. The lowest BCUT2D eigenvalue weighted by Gasteiger charge is -2.32. The molecule has 1 aromatic carbocycles.